The summed E-state index contributed by atoms with van der Waals surface area (Å²) in [6.07, 6.45) is 0.145. The normalized spacial score (nSPS) is 15.9. The number of hydrogen-bond acceptors (Lipinski definition) is 5. The van der Waals surface area contributed by atoms with Gasteiger partial charge in [0.25, 0.3) is 5.91 Å². The van der Waals surface area contributed by atoms with Gasteiger partial charge in [0.15, 0.2) is 0 Å². The number of esters is 1. The van der Waals surface area contributed by atoms with Gasteiger partial charge in [-0.25, -0.2) is 4.79 Å². The van der Waals surface area contributed by atoms with E-state index < -0.39 is 29.2 Å². The lowest BCUT2D eigenvalue weighted by Crippen LogP contribution is -2.22. The van der Waals surface area contributed by atoms with Crippen molar-refractivity contribution in [2.24, 2.45) is 0 Å². The van der Waals surface area contributed by atoms with Crippen LogP contribution in [-0.2, 0) is 20.5 Å². The summed E-state index contributed by atoms with van der Waals surface area (Å²) in [6, 6.07) is 5.07. The summed E-state index contributed by atoms with van der Waals surface area (Å²) in [4.78, 5) is 25.8. The quantitative estimate of drug-likeness (QED) is 0.444. The third-order valence-corrected chi connectivity index (χ3v) is 5.73. The Morgan fingerprint density at radius 3 is 2.57 bits per heavy atom. The fraction of sp³-hybridized carbons (Fsp3) is 0.238. The fourth-order valence-electron chi connectivity index (χ4n) is 2.50. The van der Waals surface area contributed by atoms with Crippen molar-refractivity contribution in [3.63, 3.8) is 0 Å². The summed E-state index contributed by atoms with van der Waals surface area (Å²) < 4.78 is 43.8. The minimum Gasteiger partial charge on any atom is -0.457 e. The maximum absolute atomic E-state index is 12.9. The van der Waals surface area contributed by atoms with Gasteiger partial charge in [0, 0.05) is 15.8 Å². The molecule has 0 aliphatic carbocycles. The molecule has 0 spiro atoms. The van der Waals surface area contributed by atoms with E-state index in [1.807, 2.05) is 5.38 Å². The SMILES string of the molecule is CC(C)(C)OC(=O)/C=C/c1csc(C=C2Sc3ccc(C(F)(F)F)cc3NC2=O)c1. The van der Waals surface area contributed by atoms with Crippen molar-refractivity contribution in [2.45, 2.75) is 37.4 Å². The molecule has 30 heavy (non-hydrogen) atoms. The molecular formula is C21H18F3NO3S2. The first-order valence-electron chi connectivity index (χ1n) is 8.82. The van der Waals surface area contributed by atoms with E-state index >= 15 is 0 Å². The molecule has 2 heterocycles. The van der Waals surface area contributed by atoms with Crippen LogP contribution >= 0.6 is 23.1 Å². The molecule has 2 aromatic rings. The highest BCUT2D eigenvalue weighted by atomic mass is 32.2. The zero-order valence-electron chi connectivity index (χ0n) is 16.3. The molecule has 1 aromatic carbocycles. The number of carbonyl (C=O) groups excluding carboxylic acids is 2. The Bertz CT molecular complexity index is 1050. The molecule has 1 aliphatic heterocycles. The number of fused-ring (bicyclic) bond motifs is 1. The molecule has 0 fully saturated rings. The molecule has 1 amide bonds. The smallest absolute Gasteiger partial charge is 0.416 e. The second-order valence-corrected chi connectivity index (χ2v) is 9.45. The van der Waals surface area contributed by atoms with Crippen LogP contribution in [0.3, 0.4) is 0 Å². The number of nitrogens with one attached hydrogen (secondary N) is 1. The van der Waals surface area contributed by atoms with Gasteiger partial charge in [-0.15, -0.1) is 11.3 Å². The van der Waals surface area contributed by atoms with Gasteiger partial charge in [0.05, 0.1) is 16.2 Å². The molecule has 0 saturated heterocycles. The first-order valence-corrected chi connectivity index (χ1v) is 10.5. The zero-order chi connectivity index (χ0) is 22.1. The van der Waals surface area contributed by atoms with E-state index in [0.717, 1.165) is 34.3 Å². The molecule has 1 N–H and O–H groups in total. The van der Waals surface area contributed by atoms with E-state index in [1.165, 1.54) is 23.5 Å². The second-order valence-electron chi connectivity index (χ2n) is 7.42. The number of ether oxygens (including phenoxy) is 1. The van der Waals surface area contributed by atoms with Crippen LogP contribution in [0.25, 0.3) is 12.2 Å². The van der Waals surface area contributed by atoms with Gasteiger partial charge in [-0.1, -0.05) is 11.8 Å². The number of rotatable bonds is 3. The Labute approximate surface area is 179 Å². The van der Waals surface area contributed by atoms with Gasteiger partial charge < -0.3 is 10.1 Å². The molecule has 3 rings (SSSR count). The van der Waals surface area contributed by atoms with E-state index in [1.54, 1.807) is 39.0 Å². The predicted molar refractivity (Wildman–Crippen MR) is 113 cm³/mol. The van der Waals surface area contributed by atoms with E-state index in [9.17, 15) is 22.8 Å². The highest BCUT2D eigenvalue weighted by Gasteiger charge is 2.32. The third kappa shape index (κ3) is 5.76. The van der Waals surface area contributed by atoms with Crippen LogP contribution in [0, 0.1) is 0 Å². The van der Waals surface area contributed by atoms with Crippen molar-refractivity contribution in [3.8, 4) is 0 Å². The number of amides is 1. The number of hydrogen-bond donors (Lipinski definition) is 1. The molecule has 0 radical (unpaired) electrons. The topological polar surface area (TPSA) is 55.4 Å². The lowest BCUT2D eigenvalue weighted by molar-refractivity contribution is -0.148. The van der Waals surface area contributed by atoms with Crippen LogP contribution in [-0.4, -0.2) is 17.5 Å². The zero-order valence-corrected chi connectivity index (χ0v) is 17.9. The largest absolute Gasteiger partial charge is 0.457 e. The van der Waals surface area contributed by atoms with Gasteiger partial charge in [-0.3, -0.25) is 4.79 Å². The highest BCUT2D eigenvalue weighted by molar-refractivity contribution is 8.04. The van der Waals surface area contributed by atoms with Crippen LogP contribution in [0.15, 0.2) is 45.5 Å². The Morgan fingerprint density at radius 2 is 1.90 bits per heavy atom. The van der Waals surface area contributed by atoms with Crippen molar-refractivity contribution in [3.05, 3.63) is 56.6 Å². The van der Waals surface area contributed by atoms with Crippen LogP contribution < -0.4 is 5.32 Å². The lowest BCUT2D eigenvalue weighted by atomic mass is 10.2. The van der Waals surface area contributed by atoms with Crippen LogP contribution in [0.4, 0.5) is 18.9 Å². The van der Waals surface area contributed by atoms with Crippen molar-refractivity contribution in [1.82, 2.24) is 0 Å². The van der Waals surface area contributed by atoms with E-state index in [2.05, 4.69) is 5.32 Å². The summed E-state index contributed by atoms with van der Waals surface area (Å²) in [7, 11) is 0. The number of anilines is 1. The summed E-state index contributed by atoms with van der Waals surface area (Å²) in [6.45, 7) is 5.34. The number of thioether (sulfide) groups is 1. The van der Waals surface area contributed by atoms with Crippen molar-refractivity contribution in [2.75, 3.05) is 5.32 Å². The molecule has 1 aromatic heterocycles. The van der Waals surface area contributed by atoms with E-state index in [-0.39, 0.29) is 5.69 Å². The molecule has 4 nitrogen and oxygen atoms in total. The molecule has 0 atom stereocenters. The fourth-order valence-corrected chi connectivity index (χ4v) is 4.30. The highest BCUT2D eigenvalue weighted by Crippen LogP contribution is 2.42. The summed E-state index contributed by atoms with van der Waals surface area (Å²) in [5.41, 5.74) is -0.471. The molecule has 0 saturated carbocycles. The minimum atomic E-state index is -4.47. The van der Waals surface area contributed by atoms with Gasteiger partial charge in [-0.2, -0.15) is 13.2 Å². The van der Waals surface area contributed by atoms with Gasteiger partial charge >= 0.3 is 12.1 Å². The second kappa shape index (κ2) is 8.31. The summed E-state index contributed by atoms with van der Waals surface area (Å²) in [5, 5.41) is 4.33. The number of benzene rings is 1. The first kappa shape index (κ1) is 22.2. The van der Waals surface area contributed by atoms with E-state index in [4.69, 9.17) is 4.74 Å². The minimum absolute atomic E-state index is 0.143. The van der Waals surface area contributed by atoms with Crippen LogP contribution in [0.1, 0.15) is 36.8 Å². The number of carbonyl (C=O) groups is 2. The molecule has 9 heteroatoms. The van der Waals surface area contributed by atoms with E-state index in [0.29, 0.717) is 9.80 Å². The maximum atomic E-state index is 12.9. The first-order chi connectivity index (χ1) is 13.9. The van der Waals surface area contributed by atoms with Gasteiger partial charge in [0.2, 0.25) is 0 Å². The Hall–Kier alpha value is -2.52. The van der Waals surface area contributed by atoms with Crippen LogP contribution in [0.2, 0.25) is 0 Å². The summed E-state index contributed by atoms with van der Waals surface area (Å²) >= 11 is 2.48. The molecule has 158 valence electrons. The Morgan fingerprint density at radius 1 is 1.17 bits per heavy atom. The third-order valence-electron chi connectivity index (χ3n) is 3.73. The van der Waals surface area contributed by atoms with Gasteiger partial charge in [-0.05, 0) is 68.1 Å². The molecule has 1 aliphatic rings. The maximum Gasteiger partial charge on any atom is 0.416 e. The number of halogens is 3. The Kier molecular flexibility index (Phi) is 6.14. The average molecular weight is 454 g/mol. The Balaban J connectivity index is 1.74. The molecule has 0 bridgehead atoms. The standard InChI is InChI=1S/C21H18F3NO3S2/c1-20(2,3)28-18(26)7-4-12-8-14(29-11-12)10-17-19(27)25-15-9-13(21(22,23)24)5-6-16(15)30-17/h4-11H,1-3H3,(H,25,27)/b7-4+,17-10?. The summed E-state index contributed by atoms with van der Waals surface area (Å²) in [5.74, 6) is -0.920. The van der Waals surface area contributed by atoms with Crippen LogP contribution in [0.5, 0.6) is 0 Å². The molecular weight excluding hydrogens is 435 g/mol. The lowest BCUT2D eigenvalue weighted by Gasteiger charge is -2.20. The van der Waals surface area contributed by atoms with Crippen molar-refractivity contribution in [1.29, 1.82) is 0 Å². The van der Waals surface area contributed by atoms with Crippen molar-refractivity contribution >= 4 is 52.8 Å². The number of alkyl halides is 3. The predicted octanol–water partition coefficient (Wildman–Crippen LogP) is 6.21. The number of thiophene rings is 1. The monoisotopic (exact) mass is 453 g/mol. The average Bonchev–Trinajstić information content (AvgIpc) is 3.05. The van der Waals surface area contributed by atoms with Crippen molar-refractivity contribution < 1.29 is 27.5 Å². The van der Waals surface area contributed by atoms with Gasteiger partial charge in [0.1, 0.15) is 5.60 Å². The molecule has 0 unspecified atom stereocenters.